The van der Waals surface area contributed by atoms with E-state index in [-0.39, 0.29) is 11.5 Å². The van der Waals surface area contributed by atoms with E-state index in [0.717, 1.165) is 24.4 Å². The summed E-state index contributed by atoms with van der Waals surface area (Å²) in [6.07, 6.45) is 4.68. The highest BCUT2D eigenvalue weighted by Crippen LogP contribution is 2.66. The Morgan fingerprint density at radius 1 is 1.35 bits per heavy atom. The smallest absolute Gasteiger partial charge is 0.151 e. The molecule has 0 saturated heterocycles. The number of carbonyl (C=O) groups is 1. The summed E-state index contributed by atoms with van der Waals surface area (Å²) in [6, 6.07) is 5.33. The average molecular weight is 293 g/mol. The molecule has 3 atom stereocenters. The molecule has 0 aliphatic heterocycles. The van der Waals surface area contributed by atoms with E-state index in [1.807, 2.05) is 6.07 Å². The van der Waals surface area contributed by atoms with Gasteiger partial charge in [-0.1, -0.05) is 32.4 Å². The number of rotatable bonds is 3. The maximum Gasteiger partial charge on any atom is 0.151 e. The Morgan fingerprint density at radius 2 is 2.10 bits per heavy atom. The number of ether oxygens (including phenoxy) is 1. The molecule has 1 aromatic carbocycles. The summed E-state index contributed by atoms with van der Waals surface area (Å²) in [7, 11) is 0. The van der Waals surface area contributed by atoms with Gasteiger partial charge in [0.1, 0.15) is 11.9 Å². The molecule has 2 nitrogen and oxygen atoms in total. The fourth-order valence-corrected chi connectivity index (χ4v) is 4.36. The molecular formula is C17H21ClO2. The van der Waals surface area contributed by atoms with Gasteiger partial charge in [0.25, 0.3) is 0 Å². The van der Waals surface area contributed by atoms with Crippen molar-refractivity contribution in [3.63, 3.8) is 0 Å². The third-order valence-electron chi connectivity index (χ3n) is 6.09. The number of fused-ring (bicyclic) bond motifs is 2. The van der Waals surface area contributed by atoms with Gasteiger partial charge in [0.05, 0.1) is 5.02 Å². The largest absolute Gasteiger partial charge is 0.490 e. The van der Waals surface area contributed by atoms with E-state index in [4.69, 9.17) is 16.3 Å². The number of hydrogen-bond donors (Lipinski definition) is 0. The lowest BCUT2D eigenvalue weighted by Crippen LogP contribution is -2.38. The first kappa shape index (κ1) is 13.9. The van der Waals surface area contributed by atoms with Gasteiger partial charge in [0, 0.05) is 11.0 Å². The minimum Gasteiger partial charge on any atom is -0.490 e. The first-order valence-corrected chi connectivity index (χ1v) is 7.67. The number of hydrogen-bond acceptors (Lipinski definition) is 2. The molecule has 2 fully saturated rings. The van der Waals surface area contributed by atoms with Crippen molar-refractivity contribution in [3.8, 4) is 5.75 Å². The van der Waals surface area contributed by atoms with Crippen molar-refractivity contribution in [2.45, 2.75) is 46.1 Å². The van der Waals surface area contributed by atoms with Crippen LogP contribution in [0.15, 0.2) is 18.2 Å². The molecule has 1 aromatic rings. The quantitative estimate of drug-likeness (QED) is 0.752. The standard InChI is InChI=1S/C17H21ClO2/c1-16(2)12-6-7-17(16,3)15(8-12)20-13-5-4-11(10-19)14(18)9-13/h4-5,9-10,12,15H,6-8H2,1-3H3. The normalized spacial score (nSPS) is 34.2. The lowest BCUT2D eigenvalue weighted by atomic mass is 9.70. The highest BCUT2D eigenvalue weighted by Gasteiger charge is 2.62. The summed E-state index contributed by atoms with van der Waals surface area (Å²) < 4.78 is 6.23. The van der Waals surface area contributed by atoms with Crippen molar-refractivity contribution in [2.24, 2.45) is 16.7 Å². The zero-order valence-corrected chi connectivity index (χ0v) is 13.0. The van der Waals surface area contributed by atoms with Gasteiger partial charge in [-0.15, -0.1) is 0 Å². The number of benzene rings is 1. The zero-order chi connectivity index (χ0) is 14.5. The van der Waals surface area contributed by atoms with Gasteiger partial charge >= 0.3 is 0 Å². The average Bonchev–Trinajstić information content (AvgIpc) is 2.72. The topological polar surface area (TPSA) is 26.3 Å². The van der Waals surface area contributed by atoms with E-state index in [1.54, 1.807) is 12.1 Å². The Hall–Kier alpha value is -1.02. The fourth-order valence-electron chi connectivity index (χ4n) is 4.15. The Kier molecular flexibility index (Phi) is 3.13. The van der Waals surface area contributed by atoms with Crippen LogP contribution in [0.1, 0.15) is 50.4 Å². The third-order valence-corrected chi connectivity index (χ3v) is 6.42. The molecule has 2 aliphatic rings. The summed E-state index contributed by atoms with van der Waals surface area (Å²) in [4.78, 5) is 10.8. The first-order chi connectivity index (χ1) is 9.38. The molecule has 20 heavy (non-hydrogen) atoms. The molecule has 3 unspecified atom stereocenters. The summed E-state index contributed by atoms with van der Waals surface area (Å²) in [5.41, 5.74) is 1.08. The van der Waals surface area contributed by atoms with Crippen molar-refractivity contribution in [1.82, 2.24) is 0 Å². The first-order valence-electron chi connectivity index (χ1n) is 7.30. The van der Waals surface area contributed by atoms with Crippen molar-refractivity contribution < 1.29 is 9.53 Å². The van der Waals surface area contributed by atoms with Gasteiger partial charge in [-0.2, -0.15) is 0 Å². The van der Waals surface area contributed by atoms with Gasteiger partial charge in [0.2, 0.25) is 0 Å². The highest BCUT2D eigenvalue weighted by molar-refractivity contribution is 6.33. The van der Waals surface area contributed by atoms with E-state index in [0.29, 0.717) is 16.0 Å². The van der Waals surface area contributed by atoms with Crippen LogP contribution in [0.2, 0.25) is 5.02 Å². The SMILES string of the molecule is CC1(C)C2CCC1(C)C(Oc1ccc(C=O)c(Cl)c1)C2. The van der Waals surface area contributed by atoms with E-state index in [2.05, 4.69) is 20.8 Å². The Labute approximate surface area is 125 Å². The van der Waals surface area contributed by atoms with Crippen LogP contribution in [0.5, 0.6) is 5.75 Å². The van der Waals surface area contributed by atoms with Crippen LogP contribution in [0.25, 0.3) is 0 Å². The Morgan fingerprint density at radius 3 is 2.60 bits per heavy atom. The summed E-state index contributed by atoms with van der Waals surface area (Å²) >= 11 is 6.07. The molecular weight excluding hydrogens is 272 g/mol. The highest BCUT2D eigenvalue weighted by atomic mass is 35.5. The number of carbonyl (C=O) groups excluding carboxylic acids is 1. The maximum atomic E-state index is 10.8. The van der Waals surface area contributed by atoms with Gasteiger partial charge in [-0.05, 0) is 48.8 Å². The van der Waals surface area contributed by atoms with Crippen molar-refractivity contribution >= 4 is 17.9 Å². The van der Waals surface area contributed by atoms with Crippen LogP contribution < -0.4 is 4.74 Å². The van der Waals surface area contributed by atoms with Gasteiger partial charge in [-0.25, -0.2) is 0 Å². The van der Waals surface area contributed by atoms with Crippen molar-refractivity contribution in [3.05, 3.63) is 28.8 Å². The Balaban J connectivity index is 1.83. The summed E-state index contributed by atoms with van der Waals surface area (Å²) in [5.74, 6) is 1.53. The second kappa shape index (κ2) is 4.49. The van der Waals surface area contributed by atoms with Gasteiger partial charge in [-0.3, -0.25) is 4.79 Å². The van der Waals surface area contributed by atoms with Crippen molar-refractivity contribution in [1.29, 1.82) is 0 Å². The van der Waals surface area contributed by atoms with Crippen LogP contribution in [-0.4, -0.2) is 12.4 Å². The Bertz CT molecular complexity index is 552. The molecule has 2 aliphatic carbocycles. The summed E-state index contributed by atoms with van der Waals surface area (Å²) in [5, 5.41) is 0.463. The molecule has 0 N–H and O–H groups in total. The van der Waals surface area contributed by atoms with E-state index in [1.165, 1.54) is 12.8 Å². The van der Waals surface area contributed by atoms with E-state index >= 15 is 0 Å². The van der Waals surface area contributed by atoms with Crippen LogP contribution in [-0.2, 0) is 0 Å². The fraction of sp³-hybridized carbons (Fsp3) is 0.588. The minimum atomic E-state index is 0.230. The molecule has 0 heterocycles. The van der Waals surface area contributed by atoms with Crippen LogP contribution in [0.3, 0.4) is 0 Å². The molecule has 108 valence electrons. The molecule has 0 spiro atoms. The van der Waals surface area contributed by atoms with Crippen LogP contribution in [0.4, 0.5) is 0 Å². The molecule has 0 aromatic heterocycles. The molecule has 3 heteroatoms. The van der Waals surface area contributed by atoms with Crippen LogP contribution in [0, 0.1) is 16.7 Å². The van der Waals surface area contributed by atoms with Crippen LogP contribution >= 0.6 is 11.6 Å². The zero-order valence-electron chi connectivity index (χ0n) is 12.3. The van der Waals surface area contributed by atoms with Gasteiger partial charge in [0.15, 0.2) is 6.29 Å². The third kappa shape index (κ3) is 1.81. The van der Waals surface area contributed by atoms with Crippen molar-refractivity contribution in [2.75, 3.05) is 0 Å². The molecule has 3 rings (SSSR count). The van der Waals surface area contributed by atoms with E-state index < -0.39 is 0 Å². The van der Waals surface area contributed by atoms with E-state index in [9.17, 15) is 4.79 Å². The molecule has 2 bridgehead atoms. The van der Waals surface area contributed by atoms with Gasteiger partial charge < -0.3 is 4.74 Å². The predicted molar refractivity (Wildman–Crippen MR) is 80.5 cm³/mol. The molecule has 2 saturated carbocycles. The maximum absolute atomic E-state index is 10.8. The summed E-state index contributed by atoms with van der Waals surface area (Å²) in [6.45, 7) is 7.10. The number of halogens is 1. The second-order valence-corrected chi connectivity index (χ2v) is 7.43. The predicted octanol–water partition coefficient (Wildman–Crippen LogP) is 4.75. The minimum absolute atomic E-state index is 0.230. The lowest BCUT2D eigenvalue weighted by molar-refractivity contribution is 0.0302. The lowest BCUT2D eigenvalue weighted by Gasteiger charge is -2.38. The second-order valence-electron chi connectivity index (χ2n) is 7.02. The number of aldehydes is 1. The molecule has 0 radical (unpaired) electrons. The monoisotopic (exact) mass is 292 g/mol. The molecule has 0 amide bonds.